The largest absolute Gasteiger partial charge is 0.456 e. The molecule has 0 radical (unpaired) electrons. The van der Waals surface area contributed by atoms with E-state index < -0.39 is 48.5 Å². The predicted octanol–water partition coefficient (Wildman–Crippen LogP) is 2.58. The number of hydrogen-bond acceptors (Lipinski definition) is 10. The van der Waals surface area contributed by atoms with Crippen LogP contribution in [0.25, 0.3) is 0 Å². The Morgan fingerprint density at radius 3 is 2.11 bits per heavy atom. The van der Waals surface area contributed by atoms with Crippen molar-refractivity contribution in [1.29, 1.82) is 0 Å². The molecule has 3 rings (SSSR count). The van der Waals surface area contributed by atoms with Gasteiger partial charge in [0.25, 0.3) is 0 Å². The summed E-state index contributed by atoms with van der Waals surface area (Å²) in [4.78, 5) is 60.5. The second kappa shape index (κ2) is 11.4. The van der Waals surface area contributed by atoms with E-state index in [9.17, 15) is 24.0 Å². The number of ketones is 1. The zero-order valence-electron chi connectivity index (χ0n) is 21.4. The van der Waals surface area contributed by atoms with Gasteiger partial charge in [-0.15, -0.1) is 0 Å². The summed E-state index contributed by atoms with van der Waals surface area (Å²) in [6.45, 7) is 11.1. The molecule has 0 spiro atoms. The van der Waals surface area contributed by atoms with Crippen LogP contribution in [0.4, 0.5) is 0 Å². The molecule has 2 fully saturated rings. The van der Waals surface area contributed by atoms with E-state index in [0.29, 0.717) is 25.2 Å². The van der Waals surface area contributed by atoms with Crippen molar-refractivity contribution in [3.05, 3.63) is 23.3 Å². The van der Waals surface area contributed by atoms with Gasteiger partial charge >= 0.3 is 23.9 Å². The van der Waals surface area contributed by atoms with Crippen LogP contribution in [0.2, 0.25) is 0 Å². The van der Waals surface area contributed by atoms with Gasteiger partial charge in [-0.2, -0.15) is 0 Å². The van der Waals surface area contributed by atoms with Crippen LogP contribution in [-0.2, 0) is 47.7 Å². The van der Waals surface area contributed by atoms with Gasteiger partial charge in [-0.3, -0.25) is 19.2 Å². The van der Waals surface area contributed by atoms with Crippen molar-refractivity contribution in [2.24, 2.45) is 17.8 Å². The predicted molar refractivity (Wildman–Crippen MR) is 124 cm³/mol. The van der Waals surface area contributed by atoms with Crippen molar-refractivity contribution >= 4 is 29.7 Å². The molecule has 1 saturated heterocycles. The lowest BCUT2D eigenvalue weighted by atomic mass is 9.86. The molecule has 1 aliphatic heterocycles. The first-order valence-electron chi connectivity index (χ1n) is 12.1. The second-order valence-corrected chi connectivity index (χ2v) is 9.77. The zero-order valence-corrected chi connectivity index (χ0v) is 21.4. The molecule has 0 unspecified atom stereocenters. The Kier molecular flexibility index (Phi) is 8.71. The fourth-order valence-electron chi connectivity index (χ4n) is 5.27. The van der Waals surface area contributed by atoms with Gasteiger partial charge in [0.15, 0.2) is 18.0 Å². The van der Waals surface area contributed by atoms with Crippen LogP contribution in [0.3, 0.4) is 0 Å². The minimum Gasteiger partial charge on any atom is -0.456 e. The Morgan fingerprint density at radius 1 is 0.889 bits per heavy atom. The summed E-state index contributed by atoms with van der Waals surface area (Å²) in [5, 5.41) is 0. The highest BCUT2D eigenvalue weighted by Gasteiger charge is 2.49. The monoisotopic (exact) mass is 506 g/mol. The molecule has 0 N–H and O–H groups in total. The van der Waals surface area contributed by atoms with Gasteiger partial charge in [-0.05, 0) is 49.5 Å². The fraction of sp³-hybridized carbons (Fsp3) is 0.654. The number of carbonyl (C=O) groups excluding carboxylic acids is 5. The lowest BCUT2D eigenvalue weighted by Gasteiger charge is -2.39. The zero-order chi connectivity index (χ0) is 26.7. The van der Waals surface area contributed by atoms with Crippen molar-refractivity contribution in [2.45, 2.75) is 84.9 Å². The molecule has 1 heterocycles. The van der Waals surface area contributed by atoms with Crippen LogP contribution in [-0.4, -0.2) is 60.9 Å². The maximum absolute atomic E-state index is 13.1. The van der Waals surface area contributed by atoms with Crippen LogP contribution >= 0.6 is 0 Å². The van der Waals surface area contributed by atoms with Gasteiger partial charge in [-0.25, -0.2) is 4.79 Å². The Balaban J connectivity index is 1.78. The quantitative estimate of drug-likeness (QED) is 0.301. The summed E-state index contributed by atoms with van der Waals surface area (Å²) >= 11 is 0. The normalized spacial score (nSPS) is 32.1. The van der Waals surface area contributed by atoms with Gasteiger partial charge in [0.1, 0.15) is 0 Å². The lowest BCUT2D eigenvalue weighted by Crippen LogP contribution is -2.58. The summed E-state index contributed by atoms with van der Waals surface area (Å²) in [6.07, 6.45) is -2.49. The van der Waals surface area contributed by atoms with E-state index in [1.807, 2.05) is 6.92 Å². The SMILES string of the molecule is C=C(C(=O)O[C@@H]1OC[C@@H](OC(C)=O)[C@H](OC(C)=O)[C@H]1OC(C)=O)[C@H]1CC[C@@H](C)[C@H]2CC(=O)C(C)=C2C1. The molecule has 2 aliphatic carbocycles. The van der Waals surface area contributed by atoms with Crippen molar-refractivity contribution < 1.29 is 47.7 Å². The van der Waals surface area contributed by atoms with Gasteiger partial charge < -0.3 is 23.7 Å². The smallest absolute Gasteiger partial charge is 0.336 e. The third kappa shape index (κ3) is 6.21. The van der Waals surface area contributed by atoms with E-state index in [1.54, 1.807) is 0 Å². The standard InChI is InChI=1S/C26H34O10/c1-12-7-8-18(9-20-14(3)21(30)10-19(12)20)13(2)25(31)36-26-24(35-17(6)29)23(34-16(5)28)22(11-32-26)33-15(4)27/h12,18-19,22-24,26H,2,7-11H2,1,3-6H3/t12-,18+,19-,22-,23+,24-,26+/m1/s1. The third-order valence-corrected chi connectivity index (χ3v) is 7.16. The maximum atomic E-state index is 13.1. The molecule has 10 heteroatoms. The minimum atomic E-state index is -1.42. The first-order chi connectivity index (χ1) is 16.9. The van der Waals surface area contributed by atoms with Crippen molar-refractivity contribution in [3.8, 4) is 0 Å². The Labute approximate surface area is 210 Å². The van der Waals surface area contributed by atoms with E-state index in [0.717, 1.165) is 31.4 Å². The van der Waals surface area contributed by atoms with Crippen molar-refractivity contribution in [3.63, 3.8) is 0 Å². The molecule has 1 saturated carbocycles. The van der Waals surface area contributed by atoms with Crippen molar-refractivity contribution in [2.75, 3.05) is 6.61 Å². The first kappa shape index (κ1) is 27.6. The lowest BCUT2D eigenvalue weighted by molar-refractivity contribution is -0.273. The molecule has 0 aromatic carbocycles. The molecule has 36 heavy (non-hydrogen) atoms. The summed E-state index contributed by atoms with van der Waals surface area (Å²) in [5.41, 5.74) is 2.07. The number of carbonyl (C=O) groups is 5. The summed E-state index contributed by atoms with van der Waals surface area (Å²) in [6, 6.07) is 0. The van der Waals surface area contributed by atoms with E-state index in [-0.39, 0.29) is 29.8 Å². The minimum absolute atomic E-state index is 0.148. The summed E-state index contributed by atoms with van der Waals surface area (Å²) < 4.78 is 26.9. The highest BCUT2D eigenvalue weighted by molar-refractivity contribution is 5.98. The van der Waals surface area contributed by atoms with Gasteiger partial charge in [-0.1, -0.05) is 19.1 Å². The molecule has 0 aromatic heterocycles. The number of esters is 4. The van der Waals surface area contributed by atoms with Crippen LogP contribution in [0.5, 0.6) is 0 Å². The molecule has 3 aliphatic rings. The van der Waals surface area contributed by atoms with Crippen LogP contribution in [0.1, 0.15) is 60.3 Å². The molecule has 0 bridgehead atoms. The number of ether oxygens (including phenoxy) is 5. The van der Waals surface area contributed by atoms with Gasteiger partial charge in [0.2, 0.25) is 12.4 Å². The number of hydrogen-bond donors (Lipinski definition) is 0. The number of Topliss-reactive ketones (excluding diaryl/α,β-unsaturated/α-hetero) is 1. The topological polar surface area (TPSA) is 132 Å². The number of fused-ring (bicyclic) bond motifs is 1. The Morgan fingerprint density at radius 2 is 1.50 bits per heavy atom. The molecular weight excluding hydrogens is 472 g/mol. The first-order valence-corrected chi connectivity index (χ1v) is 12.1. The highest BCUT2D eigenvalue weighted by atomic mass is 16.7. The average molecular weight is 507 g/mol. The van der Waals surface area contributed by atoms with E-state index in [1.165, 1.54) is 6.92 Å². The van der Waals surface area contributed by atoms with E-state index in [2.05, 4.69) is 13.5 Å². The molecule has 0 aromatic rings. The highest BCUT2D eigenvalue weighted by Crippen LogP contribution is 2.45. The van der Waals surface area contributed by atoms with Crippen LogP contribution in [0.15, 0.2) is 23.3 Å². The molecule has 0 amide bonds. The maximum Gasteiger partial charge on any atom is 0.336 e. The van der Waals surface area contributed by atoms with Gasteiger partial charge in [0, 0.05) is 32.8 Å². The van der Waals surface area contributed by atoms with Crippen LogP contribution in [0, 0.1) is 17.8 Å². The molecule has 198 valence electrons. The third-order valence-electron chi connectivity index (χ3n) is 7.16. The average Bonchev–Trinajstić information content (AvgIpc) is 2.96. The number of rotatable bonds is 6. The molecule has 10 nitrogen and oxygen atoms in total. The molecular formula is C26H34O10. The fourth-order valence-corrected chi connectivity index (χ4v) is 5.27. The Bertz CT molecular complexity index is 979. The summed E-state index contributed by atoms with van der Waals surface area (Å²) in [5.74, 6) is -2.42. The second-order valence-electron chi connectivity index (χ2n) is 9.77. The Hall–Kier alpha value is -3.01. The summed E-state index contributed by atoms with van der Waals surface area (Å²) in [7, 11) is 0. The van der Waals surface area contributed by atoms with E-state index in [4.69, 9.17) is 23.7 Å². The van der Waals surface area contributed by atoms with E-state index >= 15 is 0 Å². The van der Waals surface area contributed by atoms with Crippen LogP contribution < -0.4 is 0 Å². The van der Waals surface area contributed by atoms with Crippen molar-refractivity contribution in [1.82, 2.24) is 0 Å². The number of allylic oxidation sites excluding steroid dienone is 2. The van der Waals surface area contributed by atoms with Gasteiger partial charge in [0.05, 0.1) is 6.61 Å². The molecule has 7 atom stereocenters.